The van der Waals surface area contributed by atoms with E-state index in [-0.39, 0.29) is 5.60 Å². The Morgan fingerprint density at radius 2 is 1.90 bits per heavy atom. The minimum atomic E-state index is -0.0345. The Morgan fingerprint density at radius 1 is 1.14 bits per heavy atom. The molecule has 2 nitrogen and oxygen atoms in total. The maximum atomic E-state index is 5.97. The number of ether oxygens (including phenoxy) is 1. The average Bonchev–Trinajstić information content (AvgIpc) is 2.99. The van der Waals surface area contributed by atoms with Gasteiger partial charge in [0.25, 0.3) is 0 Å². The zero-order valence-electron chi connectivity index (χ0n) is 13.6. The molecule has 21 heavy (non-hydrogen) atoms. The first-order valence-electron chi connectivity index (χ1n) is 8.53. The predicted octanol–water partition coefficient (Wildman–Crippen LogP) is 4.24. The number of nitrogens with two attached hydrogens (primary N) is 1. The molecule has 1 aromatic carbocycles. The van der Waals surface area contributed by atoms with E-state index >= 15 is 0 Å². The number of fused-ring (bicyclic) bond motifs is 1. The summed E-state index contributed by atoms with van der Waals surface area (Å²) in [4.78, 5) is 0. The van der Waals surface area contributed by atoms with Gasteiger partial charge >= 0.3 is 0 Å². The molecule has 1 aromatic rings. The molecule has 0 amide bonds. The van der Waals surface area contributed by atoms with Gasteiger partial charge in [-0.1, -0.05) is 25.0 Å². The van der Waals surface area contributed by atoms with E-state index in [9.17, 15) is 0 Å². The van der Waals surface area contributed by atoms with E-state index in [1.807, 2.05) is 0 Å². The Kier molecular flexibility index (Phi) is 4.00. The molecule has 116 valence electrons. The second kappa shape index (κ2) is 5.64. The van der Waals surface area contributed by atoms with Crippen LogP contribution >= 0.6 is 0 Å². The maximum absolute atomic E-state index is 5.97. The molecule has 3 rings (SSSR count). The lowest BCUT2D eigenvalue weighted by Gasteiger charge is -2.28. The van der Waals surface area contributed by atoms with Gasteiger partial charge < -0.3 is 10.5 Å². The Hall–Kier alpha value is -1.02. The molecule has 0 aromatic heterocycles. The third-order valence-corrected chi connectivity index (χ3v) is 5.41. The summed E-state index contributed by atoms with van der Waals surface area (Å²) in [5.74, 6) is 1.08. The van der Waals surface area contributed by atoms with E-state index in [1.165, 1.54) is 56.1 Å². The topological polar surface area (TPSA) is 35.2 Å². The summed E-state index contributed by atoms with van der Waals surface area (Å²) in [6, 6.07) is 6.80. The largest absolute Gasteiger partial charge is 0.487 e. The lowest BCUT2D eigenvalue weighted by molar-refractivity contribution is 0.138. The fourth-order valence-electron chi connectivity index (χ4n) is 4.28. The van der Waals surface area contributed by atoms with E-state index < -0.39 is 0 Å². The van der Waals surface area contributed by atoms with Crippen LogP contribution in [0.1, 0.15) is 63.5 Å². The molecular formula is C19H29NO. The smallest absolute Gasteiger partial charge is 0.123 e. The van der Waals surface area contributed by atoms with Gasteiger partial charge in [0.2, 0.25) is 0 Å². The molecule has 2 heteroatoms. The van der Waals surface area contributed by atoms with E-state index in [2.05, 4.69) is 32.0 Å². The average molecular weight is 287 g/mol. The molecule has 1 aliphatic carbocycles. The highest BCUT2D eigenvalue weighted by Crippen LogP contribution is 2.44. The van der Waals surface area contributed by atoms with E-state index in [1.54, 1.807) is 0 Å². The van der Waals surface area contributed by atoms with Crippen LogP contribution in [-0.4, -0.2) is 12.1 Å². The zero-order valence-corrected chi connectivity index (χ0v) is 13.6. The Bertz CT molecular complexity index is 500. The fourth-order valence-corrected chi connectivity index (χ4v) is 4.28. The maximum Gasteiger partial charge on any atom is 0.123 e. The van der Waals surface area contributed by atoms with Gasteiger partial charge in [-0.2, -0.15) is 0 Å². The molecule has 1 aliphatic heterocycles. The van der Waals surface area contributed by atoms with E-state index in [0.29, 0.717) is 5.41 Å². The van der Waals surface area contributed by atoms with Gasteiger partial charge in [-0.05, 0) is 75.1 Å². The molecule has 2 N–H and O–H groups in total. The quantitative estimate of drug-likeness (QED) is 0.879. The molecular weight excluding hydrogens is 258 g/mol. The normalized spacial score (nSPS) is 22.0. The summed E-state index contributed by atoms with van der Waals surface area (Å²) in [5, 5.41) is 0. The molecule has 0 spiro atoms. The van der Waals surface area contributed by atoms with Crippen molar-refractivity contribution in [2.75, 3.05) is 6.54 Å². The van der Waals surface area contributed by atoms with Crippen molar-refractivity contribution in [1.82, 2.24) is 0 Å². The first-order chi connectivity index (χ1) is 10.0. The lowest BCUT2D eigenvalue weighted by atomic mass is 9.77. The van der Waals surface area contributed by atoms with Crippen molar-refractivity contribution in [3.8, 4) is 5.75 Å². The number of hydrogen-bond donors (Lipinski definition) is 1. The lowest BCUT2D eigenvalue weighted by Crippen LogP contribution is -2.24. The minimum Gasteiger partial charge on any atom is -0.487 e. The summed E-state index contributed by atoms with van der Waals surface area (Å²) < 4.78 is 5.97. The van der Waals surface area contributed by atoms with Crippen molar-refractivity contribution < 1.29 is 4.74 Å². The SMILES string of the molecule is CC1(C)Cc2cc(CCC3(CCN)CCCC3)ccc2O1. The summed E-state index contributed by atoms with van der Waals surface area (Å²) in [5.41, 5.74) is 9.20. The van der Waals surface area contributed by atoms with Crippen LogP contribution < -0.4 is 10.5 Å². The summed E-state index contributed by atoms with van der Waals surface area (Å²) in [7, 11) is 0. The van der Waals surface area contributed by atoms with Gasteiger partial charge in [-0.3, -0.25) is 0 Å². The number of hydrogen-bond acceptors (Lipinski definition) is 2. The van der Waals surface area contributed by atoms with Crippen LogP contribution in [0.15, 0.2) is 18.2 Å². The third-order valence-electron chi connectivity index (χ3n) is 5.41. The molecule has 0 unspecified atom stereocenters. The molecule has 0 bridgehead atoms. The van der Waals surface area contributed by atoms with Crippen molar-refractivity contribution in [1.29, 1.82) is 0 Å². The second-order valence-electron chi connectivity index (χ2n) is 7.73. The fraction of sp³-hybridized carbons (Fsp3) is 0.684. The molecule has 1 saturated carbocycles. The monoisotopic (exact) mass is 287 g/mol. The Balaban J connectivity index is 1.66. The number of aryl methyl sites for hydroxylation is 1. The van der Waals surface area contributed by atoms with Crippen molar-refractivity contribution in [3.63, 3.8) is 0 Å². The number of benzene rings is 1. The van der Waals surface area contributed by atoms with Crippen LogP contribution in [0, 0.1) is 5.41 Å². The van der Waals surface area contributed by atoms with Gasteiger partial charge in [-0.25, -0.2) is 0 Å². The van der Waals surface area contributed by atoms with Crippen LogP contribution in [0.2, 0.25) is 0 Å². The van der Waals surface area contributed by atoms with E-state index in [4.69, 9.17) is 10.5 Å². The zero-order chi connectivity index (χ0) is 14.9. The van der Waals surface area contributed by atoms with Crippen molar-refractivity contribution >= 4 is 0 Å². The van der Waals surface area contributed by atoms with E-state index in [0.717, 1.165) is 18.7 Å². The molecule has 0 radical (unpaired) electrons. The highest BCUT2D eigenvalue weighted by Gasteiger charge is 2.33. The molecule has 0 atom stereocenters. The van der Waals surface area contributed by atoms with Gasteiger partial charge in [0.1, 0.15) is 11.4 Å². The first-order valence-corrected chi connectivity index (χ1v) is 8.53. The molecule has 0 saturated heterocycles. The van der Waals surface area contributed by atoms with Crippen molar-refractivity contribution in [2.24, 2.45) is 11.1 Å². The molecule has 2 aliphatic rings. The number of rotatable bonds is 5. The third kappa shape index (κ3) is 3.26. The summed E-state index contributed by atoms with van der Waals surface area (Å²) in [6.07, 6.45) is 10.3. The summed E-state index contributed by atoms with van der Waals surface area (Å²) in [6.45, 7) is 5.18. The van der Waals surface area contributed by atoms with Crippen molar-refractivity contribution in [3.05, 3.63) is 29.3 Å². The van der Waals surface area contributed by atoms with Crippen molar-refractivity contribution in [2.45, 2.75) is 70.8 Å². The van der Waals surface area contributed by atoms with Crippen LogP contribution in [0.5, 0.6) is 5.75 Å². The van der Waals surface area contributed by atoms with Crippen LogP contribution in [0.4, 0.5) is 0 Å². The van der Waals surface area contributed by atoms with Gasteiger partial charge in [-0.15, -0.1) is 0 Å². The van der Waals surface area contributed by atoms with Gasteiger partial charge in [0.05, 0.1) is 0 Å². The summed E-state index contributed by atoms with van der Waals surface area (Å²) >= 11 is 0. The Morgan fingerprint density at radius 3 is 2.62 bits per heavy atom. The highest BCUT2D eigenvalue weighted by molar-refractivity contribution is 5.41. The highest BCUT2D eigenvalue weighted by atomic mass is 16.5. The standard InChI is InChI=1S/C19H29NO/c1-18(2)14-16-13-15(5-6-17(16)21-18)7-10-19(11-12-20)8-3-4-9-19/h5-6,13H,3-4,7-12,14,20H2,1-2H3. The predicted molar refractivity (Wildman–Crippen MR) is 87.7 cm³/mol. The minimum absolute atomic E-state index is 0.0345. The second-order valence-corrected chi connectivity index (χ2v) is 7.73. The van der Waals surface area contributed by atoms with Crippen LogP contribution in [0.25, 0.3) is 0 Å². The van der Waals surface area contributed by atoms with Crippen LogP contribution in [-0.2, 0) is 12.8 Å². The van der Waals surface area contributed by atoms with Gasteiger partial charge in [0, 0.05) is 6.42 Å². The molecule has 1 fully saturated rings. The van der Waals surface area contributed by atoms with Gasteiger partial charge in [0.15, 0.2) is 0 Å². The molecule has 1 heterocycles. The first kappa shape index (κ1) is 14.9. The van der Waals surface area contributed by atoms with Crippen LogP contribution in [0.3, 0.4) is 0 Å². The Labute approximate surface area is 129 Å².